The van der Waals surface area contributed by atoms with E-state index in [2.05, 4.69) is 15.1 Å². The van der Waals surface area contributed by atoms with Gasteiger partial charge in [-0.05, 0) is 55.3 Å². The number of hydrogen-bond acceptors (Lipinski definition) is 7. The molecule has 2 amide bonds. The van der Waals surface area contributed by atoms with Crippen molar-refractivity contribution in [3.05, 3.63) is 71.2 Å². The molecule has 204 valence electrons. The molecule has 0 radical (unpaired) electrons. The Morgan fingerprint density at radius 2 is 1.79 bits per heavy atom. The SMILES string of the molecule is COc1ccc(C(=O)N(CC(=O)N2CCN(c3ccc(-c4ccccc4Cl)nn3)CC2)C[C@@H]2CCCO2)cc1. The largest absolute Gasteiger partial charge is 0.497 e. The number of methoxy groups -OCH3 is 1. The molecular weight excluding hydrogens is 518 g/mol. The Morgan fingerprint density at radius 3 is 2.44 bits per heavy atom. The predicted molar refractivity (Wildman–Crippen MR) is 149 cm³/mol. The zero-order chi connectivity index (χ0) is 27.2. The first-order valence-electron chi connectivity index (χ1n) is 13.2. The first kappa shape index (κ1) is 26.9. The second kappa shape index (κ2) is 12.4. The Hall–Kier alpha value is -3.69. The van der Waals surface area contributed by atoms with E-state index in [0.717, 1.165) is 24.2 Å². The highest BCUT2D eigenvalue weighted by atomic mass is 35.5. The lowest BCUT2D eigenvalue weighted by atomic mass is 10.1. The van der Waals surface area contributed by atoms with E-state index in [0.29, 0.717) is 61.4 Å². The molecule has 1 aromatic heterocycles. The van der Waals surface area contributed by atoms with Crippen LogP contribution in [0.15, 0.2) is 60.7 Å². The van der Waals surface area contributed by atoms with Crippen LogP contribution in [0.5, 0.6) is 5.75 Å². The van der Waals surface area contributed by atoms with Crippen molar-refractivity contribution in [1.82, 2.24) is 20.0 Å². The molecule has 2 aromatic carbocycles. The van der Waals surface area contributed by atoms with Crippen molar-refractivity contribution in [1.29, 1.82) is 0 Å². The first-order valence-corrected chi connectivity index (χ1v) is 13.6. The average Bonchev–Trinajstić information content (AvgIpc) is 3.50. The molecule has 2 aliphatic heterocycles. The second-order valence-corrected chi connectivity index (χ2v) is 10.1. The van der Waals surface area contributed by atoms with Crippen LogP contribution in [0.3, 0.4) is 0 Å². The summed E-state index contributed by atoms with van der Waals surface area (Å²) in [6.07, 6.45) is 1.80. The Balaban J connectivity index is 1.20. The van der Waals surface area contributed by atoms with Gasteiger partial charge in [0, 0.05) is 50.5 Å². The van der Waals surface area contributed by atoms with E-state index < -0.39 is 0 Å². The van der Waals surface area contributed by atoms with Crippen molar-refractivity contribution in [3.8, 4) is 17.0 Å². The summed E-state index contributed by atoms with van der Waals surface area (Å²) in [4.78, 5) is 32.2. The van der Waals surface area contributed by atoms with Gasteiger partial charge in [-0.2, -0.15) is 0 Å². The fraction of sp³-hybridized carbons (Fsp3) is 0.379. The van der Waals surface area contributed by atoms with Gasteiger partial charge in [0.2, 0.25) is 5.91 Å². The highest BCUT2D eigenvalue weighted by molar-refractivity contribution is 6.33. The molecule has 1 atom stereocenters. The summed E-state index contributed by atoms with van der Waals surface area (Å²) in [7, 11) is 1.58. The molecule has 0 N–H and O–H groups in total. The monoisotopic (exact) mass is 549 g/mol. The van der Waals surface area contributed by atoms with Gasteiger partial charge in [-0.1, -0.05) is 29.8 Å². The van der Waals surface area contributed by atoms with Gasteiger partial charge >= 0.3 is 0 Å². The van der Waals surface area contributed by atoms with Gasteiger partial charge < -0.3 is 24.2 Å². The number of carbonyl (C=O) groups is 2. The molecule has 0 spiro atoms. The number of nitrogens with zero attached hydrogens (tertiary/aromatic N) is 5. The molecule has 2 aliphatic rings. The fourth-order valence-electron chi connectivity index (χ4n) is 4.92. The smallest absolute Gasteiger partial charge is 0.254 e. The molecule has 2 fully saturated rings. The Bertz CT molecular complexity index is 1270. The number of ether oxygens (including phenoxy) is 2. The maximum Gasteiger partial charge on any atom is 0.254 e. The third kappa shape index (κ3) is 6.49. The van der Waals surface area contributed by atoms with Crippen LogP contribution in [0.1, 0.15) is 23.2 Å². The van der Waals surface area contributed by atoms with Crippen molar-refractivity contribution in [3.63, 3.8) is 0 Å². The number of carbonyl (C=O) groups excluding carboxylic acids is 2. The van der Waals surface area contributed by atoms with E-state index in [1.807, 2.05) is 41.3 Å². The lowest BCUT2D eigenvalue weighted by Gasteiger charge is -2.36. The van der Waals surface area contributed by atoms with Crippen molar-refractivity contribution >= 4 is 29.2 Å². The van der Waals surface area contributed by atoms with Crippen LogP contribution in [0, 0.1) is 0 Å². The topological polar surface area (TPSA) is 88.1 Å². The van der Waals surface area contributed by atoms with Crippen LogP contribution in [0.2, 0.25) is 5.02 Å². The van der Waals surface area contributed by atoms with Crippen LogP contribution in [0.4, 0.5) is 5.82 Å². The number of benzene rings is 2. The van der Waals surface area contributed by atoms with Gasteiger partial charge in [-0.25, -0.2) is 0 Å². The zero-order valence-electron chi connectivity index (χ0n) is 22.0. The number of aromatic nitrogens is 2. The number of hydrogen-bond donors (Lipinski definition) is 0. The molecular formula is C29H32ClN5O4. The highest BCUT2D eigenvalue weighted by Gasteiger charge is 2.29. The van der Waals surface area contributed by atoms with E-state index in [1.54, 1.807) is 36.3 Å². The van der Waals surface area contributed by atoms with Crippen molar-refractivity contribution in [2.24, 2.45) is 0 Å². The summed E-state index contributed by atoms with van der Waals surface area (Å²) < 4.78 is 11.0. The zero-order valence-corrected chi connectivity index (χ0v) is 22.7. The van der Waals surface area contributed by atoms with Crippen LogP contribution >= 0.6 is 11.6 Å². The first-order chi connectivity index (χ1) is 19.0. The molecule has 3 heterocycles. The summed E-state index contributed by atoms with van der Waals surface area (Å²) in [5.74, 6) is 1.17. The van der Waals surface area contributed by atoms with E-state index >= 15 is 0 Å². The maximum atomic E-state index is 13.4. The second-order valence-electron chi connectivity index (χ2n) is 9.67. The maximum absolute atomic E-state index is 13.4. The van der Waals surface area contributed by atoms with Gasteiger partial charge in [0.25, 0.3) is 5.91 Å². The third-order valence-electron chi connectivity index (χ3n) is 7.15. The minimum Gasteiger partial charge on any atom is -0.497 e. The van der Waals surface area contributed by atoms with Gasteiger partial charge in [0.05, 0.1) is 23.9 Å². The van der Waals surface area contributed by atoms with Crippen LogP contribution in [-0.4, -0.2) is 90.9 Å². The van der Waals surface area contributed by atoms with Crippen LogP contribution < -0.4 is 9.64 Å². The van der Waals surface area contributed by atoms with Crippen molar-refractivity contribution < 1.29 is 19.1 Å². The lowest BCUT2D eigenvalue weighted by molar-refractivity contribution is -0.132. The number of rotatable bonds is 8. The molecule has 0 bridgehead atoms. The molecule has 3 aromatic rings. The molecule has 0 unspecified atom stereocenters. The number of halogens is 1. The highest BCUT2D eigenvalue weighted by Crippen LogP contribution is 2.26. The summed E-state index contributed by atoms with van der Waals surface area (Å²) in [6.45, 7) is 3.43. The summed E-state index contributed by atoms with van der Waals surface area (Å²) in [6, 6.07) is 18.3. The van der Waals surface area contributed by atoms with Crippen LogP contribution in [0.25, 0.3) is 11.3 Å². The normalized spacial score (nSPS) is 17.2. The Kier molecular flexibility index (Phi) is 8.58. The molecule has 39 heavy (non-hydrogen) atoms. The molecule has 0 aliphatic carbocycles. The van der Waals surface area contributed by atoms with E-state index in [4.69, 9.17) is 21.1 Å². The van der Waals surface area contributed by atoms with Gasteiger partial charge in [-0.3, -0.25) is 9.59 Å². The molecule has 10 heteroatoms. The van der Waals surface area contributed by atoms with Gasteiger partial charge in [0.1, 0.15) is 12.3 Å². The van der Waals surface area contributed by atoms with Crippen molar-refractivity contribution in [2.75, 3.05) is 57.9 Å². The Labute approximate surface area is 233 Å². The molecule has 0 saturated carbocycles. The molecule has 9 nitrogen and oxygen atoms in total. The standard InChI is InChI=1S/C29H32ClN5O4/c1-38-22-10-8-21(9-11-22)29(37)35(19-23-5-4-18-39-23)20-28(36)34-16-14-33(15-17-34)27-13-12-26(31-32-27)24-6-2-3-7-25(24)30/h2-3,6-13,23H,4-5,14-20H2,1H3/t23-/m0/s1. The van der Waals surface area contributed by atoms with E-state index in [9.17, 15) is 9.59 Å². The van der Waals surface area contributed by atoms with Gasteiger partial charge in [-0.15, -0.1) is 10.2 Å². The lowest BCUT2D eigenvalue weighted by Crippen LogP contribution is -2.52. The minimum absolute atomic E-state index is 0.0110. The number of anilines is 1. The molecule has 2 saturated heterocycles. The van der Waals surface area contributed by atoms with E-state index in [-0.39, 0.29) is 24.5 Å². The quantitative estimate of drug-likeness (QED) is 0.422. The minimum atomic E-state index is -0.186. The molecule has 5 rings (SSSR count). The number of amides is 2. The average molecular weight is 550 g/mol. The van der Waals surface area contributed by atoms with Crippen LogP contribution in [-0.2, 0) is 9.53 Å². The van der Waals surface area contributed by atoms with E-state index in [1.165, 1.54) is 0 Å². The van der Waals surface area contributed by atoms with Gasteiger partial charge in [0.15, 0.2) is 5.82 Å². The summed E-state index contributed by atoms with van der Waals surface area (Å²) in [5.41, 5.74) is 2.07. The fourth-order valence-corrected chi connectivity index (χ4v) is 5.16. The number of piperazine rings is 1. The predicted octanol–water partition coefficient (Wildman–Crippen LogP) is 3.78. The van der Waals surface area contributed by atoms with Crippen molar-refractivity contribution in [2.45, 2.75) is 18.9 Å². The summed E-state index contributed by atoms with van der Waals surface area (Å²) in [5, 5.41) is 9.40. The Morgan fingerprint density at radius 1 is 1.03 bits per heavy atom. The third-order valence-corrected chi connectivity index (χ3v) is 7.48. The summed E-state index contributed by atoms with van der Waals surface area (Å²) >= 11 is 6.29.